The molecule has 13 nitrogen and oxygen atoms in total. The molecule has 10 unspecified atom stereocenters. The van der Waals surface area contributed by atoms with Gasteiger partial charge in [-0.3, -0.25) is 9.59 Å². The third-order valence-electron chi connectivity index (χ3n) is 13.0. The van der Waals surface area contributed by atoms with Crippen molar-refractivity contribution in [3.63, 3.8) is 0 Å². The van der Waals surface area contributed by atoms with Gasteiger partial charge in [0.05, 0.1) is 35.8 Å². The Bertz CT molecular complexity index is 2090. The van der Waals surface area contributed by atoms with Gasteiger partial charge in [0.1, 0.15) is 35.3 Å². The lowest BCUT2D eigenvalue weighted by Crippen LogP contribution is -2.81. The van der Waals surface area contributed by atoms with Crippen LogP contribution < -0.4 is 5.32 Å². The number of aliphatic hydroxyl groups excluding tert-OH is 3. The monoisotopic (exact) mass is 787 g/mol. The van der Waals surface area contributed by atoms with Crippen LogP contribution in [0.5, 0.6) is 0 Å². The molecule has 57 heavy (non-hydrogen) atoms. The van der Waals surface area contributed by atoms with Gasteiger partial charge in [-0.05, 0) is 67.0 Å². The van der Waals surface area contributed by atoms with Crippen molar-refractivity contribution in [2.24, 2.45) is 16.7 Å². The van der Waals surface area contributed by atoms with E-state index in [2.05, 4.69) is 5.32 Å². The zero-order valence-corrected chi connectivity index (χ0v) is 31.8. The Kier molecular flexibility index (Phi) is 10.3. The summed E-state index contributed by atoms with van der Waals surface area (Å²) in [5.74, 6) is -5.95. The normalized spacial score (nSPS) is 33.9. The van der Waals surface area contributed by atoms with Gasteiger partial charge >= 0.3 is 11.9 Å². The van der Waals surface area contributed by atoms with Crippen LogP contribution in [0.3, 0.4) is 0 Å². The van der Waals surface area contributed by atoms with E-state index in [-0.39, 0.29) is 40.9 Å². The summed E-state index contributed by atoms with van der Waals surface area (Å²) in [4.78, 5) is 56.0. The van der Waals surface area contributed by atoms with Crippen molar-refractivity contribution >= 4 is 23.6 Å². The first-order chi connectivity index (χ1) is 26.9. The second kappa shape index (κ2) is 14.5. The fourth-order valence-electron chi connectivity index (χ4n) is 9.55. The lowest BCUT2D eigenvalue weighted by Gasteiger charge is -2.66. The molecule has 1 aliphatic heterocycles. The lowest BCUT2D eigenvalue weighted by molar-refractivity contribution is -0.343. The summed E-state index contributed by atoms with van der Waals surface area (Å²) in [7, 11) is 0. The molecule has 3 aromatic carbocycles. The maximum Gasteiger partial charge on any atom is 0.338 e. The van der Waals surface area contributed by atoms with Crippen LogP contribution in [0.2, 0.25) is 0 Å². The van der Waals surface area contributed by atoms with E-state index in [1.54, 1.807) is 36.4 Å². The number of carbonyl (C=O) groups excluding carboxylic acids is 4. The SMILES string of the molecule is CC1=C2C(O)C(=O)[C@]3(C)C(O)CC4OCC4(O)C3C(OC(=O)c3ccccc3)C(O)(CC1OC(=O)C(O)C(NC(=O)c1ccccc1)c1ccc(F)cc1)C2(C)C. The first-order valence-electron chi connectivity index (χ1n) is 18.8. The first-order valence-corrected chi connectivity index (χ1v) is 18.8. The molecule has 3 aromatic rings. The number of amides is 1. The molecule has 1 amide bonds. The van der Waals surface area contributed by atoms with Crippen LogP contribution >= 0.6 is 0 Å². The summed E-state index contributed by atoms with van der Waals surface area (Å²) in [5, 5.41) is 63.4. The average Bonchev–Trinajstić information content (AvgIpc) is 3.19. The Morgan fingerprint density at radius 2 is 1.49 bits per heavy atom. The van der Waals surface area contributed by atoms with Gasteiger partial charge in [-0.25, -0.2) is 14.0 Å². The van der Waals surface area contributed by atoms with Crippen LogP contribution in [-0.2, 0) is 23.8 Å². The van der Waals surface area contributed by atoms with Crippen LogP contribution in [0.15, 0.2) is 96.1 Å². The van der Waals surface area contributed by atoms with E-state index in [1.165, 1.54) is 64.1 Å². The number of hydrogen-bond acceptors (Lipinski definition) is 12. The average molecular weight is 788 g/mol. The summed E-state index contributed by atoms with van der Waals surface area (Å²) in [5.41, 5.74) is -7.39. The van der Waals surface area contributed by atoms with E-state index in [0.717, 1.165) is 12.1 Å². The highest BCUT2D eigenvalue weighted by Crippen LogP contribution is 2.63. The molecule has 2 bridgehead atoms. The highest BCUT2D eigenvalue weighted by molar-refractivity contribution is 5.95. The van der Waals surface area contributed by atoms with E-state index < -0.39 is 106 Å². The van der Waals surface area contributed by atoms with Gasteiger partial charge in [0.25, 0.3) is 5.91 Å². The molecule has 6 N–H and O–H groups in total. The standard InChI is InChI=1S/C43H46FNO12/c1-22-27(56-39(52)33(48)31(23-15-17-26(44)18-16-23)45-37(50)24-11-7-5-8-12-24)20-43(54)36(57-38(51)25-13-9-6-10-14-25)34-41(4,28(46)19-29-42(34,53)21-55-29)35(49)32(47)30(22)40(43,2)3/h5-18,27-29,31-34,36,46-48,53-54H,19-21H2,1-4H3,(H,45,50)/t27?,28?,29?,31?,32?,33?,34?,36?,41-,42?,43?/m1/s1. The highest BCUT2D eigenvalue weighted by Gasteiger charge is 2.76. The Morgan fingerprint density at radius 1 is 0.895 bits per heavy atom. The van der Waals surface area contributed by atoms with Gasteiger partial charge in [-0.2, -0.15) is 0 Å². The Morgan fingerprint density at radius 3 is 2.07 bits per heavy atom. The number of nitrogens with one attached hydrogen (secondary N) is 1. The Labute approximate surface area is 328 Å². The van der Waals surface area contributed by atoms with E-state index >= 15 is 0 Å². The van der Waals surface area contributed by atoms with Gasteiger partial charge in [-0.15, -0.1) is 0 Å². The van der Waals surface area contributed by atoms with E-state index in [9.17, 15) is 49.1 Å². The van der Waals surface area contributed by atoms with Crippen LogP contribution in [0.4, 0.5) is 4.39 Å². The van der Waals surface area contributed by atoms with Crippen molar-refractivity contribution in [3.05, 3.63) is 119 Å². The minimum absolute atomic E-state index is 0.0763. The number of ether oxygens (including phenoxy) is 3. The van der Waals surface area contributed by atoms with Gasteiger partial charge in [0, 0.05) is 29.7 Å². The fourth-order valence-corrected chi connectivity index (χ4v) is 9.55. The number of aliphatic hydroxyl groups is 5. The van der Waals surface area contributed by atoms with E-state index in [4.69, 9.17) is 14.2 Å². The maximum atomic E-state index is 14.7. The molecule has 3 aliphatic carbocycles. The van der Waals surface area contributed by atoms with Crippen LogP contribution in [-0.4, -0.2) is 104 Å². The van der Waals surface area contributed by atoms with Crippen molar-refractivity contribution in [1.82, 2.24) is 5.32 Å². The van der Waals surface area contributed by atoms with E-state index in [0.29, 0.717) is 0 Å². The molecule has 11 atom stereocenters. The van der Waals surface area contributed by atoms with Gasteiger partial charge in [0.2, 0.25) is 0 Å². The molecule has 3 fully saturated rings. The third kappa shape index (κ3) is 6.39. The second-order valence-electron chi connectivity index (χ2n) is 16.4. The molecule has 302 valence electrons. The van der Waals surface area contributed by atoms with Gasteiger partial charge in [-0.1, -0.05) is 62.4 Å². The highest BCUT2D eigenvalue weighted by atomic mass is 19.1. The Hall–Kier alpha value is -4.83. The molecule has 0 aromatic heterocycles. The third-order valence-corrected chi connectivity index (χ3v) is 13.0. The number of Topliss-reactive ketones (excluding diaryl/α,β-unsaturated/α-hetero) is 1. The molecule has 2 saturated carbocycles. The lowest BCUT2D eigenvalue weighted by atomic mass is 9.44. The molecule has 0 radical (unpaired) electrons. The molecular formula is C43H46FNO12. The number of hydrogen-bond donors (Lipinski definition) is 6. The molecule has 0 spiro atoms. The summed E-state index contributed by atoms with van der Waals surface area (Å²) < 4.78 is 31.7. The van der Waals surface area contributed by atoms with Crippen molar-refractivity contribution in [2.75, 3.05) is 6.61 Å². The van der Waals surface area contributed by atoms with Crippen LogP contribution in [0, 0.1) is 22.6 Å². The van der Waals surface area contributed by atoms with Crippen molar-refractivity contribution in [2.45, 2.75) is 94.4 Å². The number of carbonyl (C=O) groups is 4. The van der Waals surface area contributed by atoms with Crippen molar-refractivity contribution in [1.29, 1.82) is 0 Å². The zero-order chi connectivity index (χ0) is 41.2. The van der Waals surface area contributed by atoms with Crippen LogP contribution in [0.25, 0.3) is 0 Å². The smallest absolute Gasteiger partial charge is 0.338 e. The number of fused-ring (bicyclic) bond motifs is 5. The largest absolute Gasteiger partial charge is 0.456 e. The number of rotatable bonds is 8. The second-order valence-corrected chi connectivity index (χ2v) is 16.4. The Balaban J connectivity index is 1.31. The molecule has 4 aliphatic rings. The topological polar surface area (TPSA) is 209 Å². The number of halogens is 1. The quantitative estimate of drug-likeness (QED) is 0.144. The summed E-state index contributed by atoms with van der Waals surface area (Å²) in [6.45, 7) is 5.57. The molecule has 7 rings (SSSR count). The van der Waals surface area contributed by atoms with Crippen molar-refractivity contribution in [3.8, 4) is 0 Å². The fraction of sp³-hybridized carbons (Fsp3) is 0.442. The first kappa shape index (κ1) is 40.4. The number of esters is 2. The zero-order valence-electron chi connectivity index (χ0n) is 31.8. The minimum Gasteiger partial charge on any atom is -0.456 e. The number of ketones is 1. The number of benzene rings is 3. The minimum atomic E-state index is -2.35. The van der Waals surface area contributed by atoms with Crippen molar-refractivity contribution < 1.29 is 63.3 Å². The van der Waals surface area contributed by atoms with Gasteiger partial charge in [0.15, 0.2) is 11.9 Å². The molecular weight excluding hydrogens is 741 g/mol. The van der Waals surface area contributed by atoms with Crippen LogP contribution in [0.1, 0.15) is 72.9 Å². The molecule has 1 heterocycles. The summed E-state index contributed by atoms with van der Waals surface area (Å²) in [6.07, 6.45) is -10.7. The predicted octanol–water partition coefficient (Wildman–Crippen LogP) is 2.73. The van der Waals surface area contributed by atoms with Gasteiger partial charge < -0.3 is 45.1 Å². The predicted molar refractivity (Wildman–Crippen MR) is 199 cm³/mol. The maximum absolute atomic E-state index is 14.7. The van der Waals surface area contributed by atoms with E-state index in [1.807, 2.05) is 0 Å². The summed E-state index contributed by atoms with van der Waals surface area (Å²) >= 11 is 0. The summed E-state index contributed by atoms with van der Waals surface area (Å²) in [6, 6.07) is 19.1. The molecule has 1 saturated heterocycles. The molecule has 14 heteroatoms.